The molecule has 2 aromatic rings. The van der Waals surface area contributed by atoms with Gasteiger partial charge in [-0.15, -0.1) is 0 Å². The molecule has 1 fully saturated rings. The number of rotatable bonds is 7. The molecule has 0 bridgehead atoms. The van der Waals surface area contributed by atoms with E-state index in [-0.39, 0.29) is 0 Å². The molecular formula is C25H39N3O. The summed E-state index contributed by atoms with van der Waals surface area (Å²) in [5, 5.41) is 4.93. The Morgan fingerprint density at radius 3 is 1.86 bits per heavy atom. The van der Waals surface area contributed by atoms with E-state index in [9.17, 15) is 0 Å². The van der Waals surface area contributed by atoms with Gasteiger partial charge in [0.15, 0.2) is 0 Å². The highest BCUT2D eigenvalue weighted by Gasteiger charge is 2.18. The first-order valence-electron chi connectivity index (χ1n) is 11.0. The molecule has 1 heterocycles. The highest BCUT2D eigenvalue weighted by atomic mass is 16.5. The summed E-state index contributed by atoms with van der Waals surface area (Å²) in [6.45, 7) is 17.3. The van der Waals surface area contributed by atoms with Crippen LogP contribution in [0.4, 0.5) is 0 Å². The number of ether oxygens (including phenoxy) is 1. The molecule has 0 radical (unpaired) electrons. The average molecular weight is 398 g/mol. The molecule has 1 saturated heterocycles. The molecule has 1 aliphatic rings. The number of hydrogen-bond donors (Lipinski definition) is 0. The van der Waals surface area contributed by atoms with Gasteiger partial charge in [0.1, 0.15) is 5.75 Å². The molecule has 1 atom stereocenters. The van der Waals surface area contributed by atoms with Gasteiger partial charge in [-0.3, -0.25) is 0 Å². The van der Waals surface area contributed by atoms with Crippen LogP contribution in [0.5, 0.6) is 5.75 Å². The molecule has 0 aromatic heterocycles. The van der Waals surface area contributed by atoms with Crippen molar-refractivity contribution in [2.75, 3.05) is 52.9 Å². The average Bonchev–Trinajstić information content (AvgIpc) is 2.81. The predicted molar refractivity (Wildman–Crippen MR) is 124 cm³/mol. The van der Waals surface area contributed by atoms with E-state index in [1.54, 1.807) is 7.11 Å². The highest BCUT2D eigenvalue weighted by Crippen LogP contribution is 2.25. The van der Waals surface area contributed by atoms with Gasteiger partial charge in [-0.05, 0) is 29.8 Å². The standard InChI is InChI=1S/C15H16O.C10H23N3/c1-12(13-6-4-3-5-7-13)14-8-10-15(16-2)11-9-14;1-4-11-7-9-13(10-8-11)12(5-2)6-3/h3-12H,1-2H3;4-10H2,1-3H3. The Balaban J connectivity index is 0.000000212. The van der Waals surface area contributed by atoms with Crippen LogP contribution in [0.1, 0.15) is 44.7 Å². The van der Waals surface area contributed by atoms with E-state index in [0.717, 1.165) is 18.8 Å². The maximum Gasteiger partial charge on any atom is 0.118 e. The molecule has 4 nitrogen and oxygen atoms in total. The summed E-state index contributed by atoms with van der Waals surface area (Å²) in [6, 6.07) is 18.8. The van der Waals surface area contributed by atoms with Gasteiger partial charge in [-0.1, -0.05) is 70.2 Å². The molecule has 160 valence electrons. The summed E-state index contributed by atoms with van der Waals surface area (Å²) in [6.07, 6.45) is 0. The molecule has 3 rings (SSSR count). The predicted octanol–water partition coefficient (Wildman–Crippen LogP) is 4.73. The minimum absolute atomic E-state index is 0.423. The summed E-state index contributed by atoms with van der Waals surface area (Å²) in [5.41, 5.74) is 2.65. The smallest absolute Gasteiger partial charge is 0.118 e. The molecule has 0 spiro atoms. The summed E-state index contributed by atoms with van der Waals surface area (Å²) in [4.78, 5) is 2.51. The Kier molecular flexibility index (Phi) is 10.2. The second-order valence-corrected chi connectivity index (χ2v) is 7.43. The first kappa shape index (κ1) is 23.4. The normalized spacial score (nSPS) is 16.2. The van der Waals surface area contributed by atoms with E-state index < -0.39 is 0 Å². The molecule has 1 aliphatic heterocycles. The van der Waals surface area contributed by atoms with E-state index in [0.29, 0.717) is 5.92 Å². The Morgan fingerprint density at radius 2 is 1.38 bits per heavy atom. The number of methoxy groups -OCH3 is 1. The van der Waals surface area contributed by atoms with Gasteiger partial charge in [0.2, 0.25) is 0 Å². The van der Waals surface area contributed by atoms with Crippen molar-refractivity contribution in [2.45, 2.75) is 33.6 Å². The van der Waals surface area contributed by atoms with Gasteiger partial charge in [0, 0.05) is 45.2 Å². The fourth-order valence-electron chi connectivity index (χ4n) is 3.79. The first-order valence-corrected chi connectivity index (χ1v) is 11.0. The zero-order valence-electron chi connectivity index (χ0n) is 19.0. The summed E-state index contributed by atoms with van der Waals surface area (Å²) in [7, 11) is 1.69. The molecular weight excluding hydrogens is 358 g/mol. The third-order valence-corrected chi connectivity index (χ3v) is 5.84. The minimum Gasteiger partial charge on any atom is -0.497 e. The van der Waals surface area contributed by atoms with Crippen LogP contribution >= 0.6 is 0 Å². The molecule has 0 amide bonds. The lowest BCUT2D eigenvalue weighted by atomic mass is 9.93. The third kappa shape index (κ3) is 7.14. The van der Waals surface area contributed by atoms with Crippen molar-refractivity contribution >= 4 is 0 Å². The summed E-state index contributed by atoms with van der Waals surface area (Å²) < 4.78 is 5.15. The maximum atomic E-state index is 5.15. The minimum atomic E-state index is 0.423. The molecule has 1 unspecified atom stereocenters. The van der Waals surface area contributed by atoms with E-state index in [2.05, 4.69) is 79.0 Å². The van der Waals surface area contributed by atoms with Crippen LogP contribution in [-0.4, -0.2) is 67.8 Å². The lowest BCUT2D eigenvalue weighted by molar-refractivity contribution is -0.0494. The second-order valence-electron chi connectivity index (χ2n) is 7.43. The van der Waals surface area contributed by atoms with Crippen LogP contribution < -0.4 is 4.74 Å². The van der Waals surface area contributed by atoms with Crippen molar-refractivity contribution in [3.05, 3.63) is 65.7 Å². The number of hydrogen-bond acceptors (Lipinski definition) is 4. The zero-order valence-corrected chi connectivity index (χ0v) is 19.0. The molecule has 2 aromatic carbocycles. The molecule has 29 heavy (non-hydrogen) atoms. The summed E-state index contributed by atoms with van der Waals surface area (Å²) in [5.74, 6) is 1.33. The number of piperazine rings is 1. The Bertz CT molecular complexity index is 662. The largest absolute Gasteiger partial charge is 0.497 e. The van der Waals surface area contributed by atoms with Crippen molar-refractivity contribution in [1.82, 2.24) is 14.9 Å². The van der Waals surface area contributed by atoms with E-state index in [1.165, 1.54) is 43.9 Å². The highest BCUT2D eigenvalue weighted by molar-refractivity contribution is 5.35. The summed E-state index contributed by atoms with van der Waals surface area (Å²) >= 11 is 0. The van der Waals surface area contributed by atoms with Crippen molar-refractivity contribution in [3.63, 3.8) is 0 Å². The quantitative estimate of drug-likeness (QED) is 0.672. The zero-order chi connectivity index (χ0) is 21.1. The Morgan fingerprint density at radius 1 is 0.828 bits per heavy atom. The SMILES string of the molecule is CCN1CCN(N(CC)CC)CC1.COc1ccc(C(C)c2ccccc2)cc1. The van der Waals surface area contributed by atoms with Crippen LogP contribution in [0, 0.1) is 0 Å². The maximum absolute atomic E-state index is 5.15. The van der Waals surface area contributed by atoms with Gasteiger partial charge in [0.25, 0.3) is 0 Å². The topological polar surface area (TPSA) is 19.0 Å². The monoisotopic (exact) mass is 397 g/mol. The van der Waals surface area contributed by atoms with Crippen LogP contribution in [0.25, 0.3) is 0 Å². The molecule has 0 N–H and O–H groups in total. The first-order chi connectivity index (χ1) is 14.1. The van der Waals surface area contributed by atoms with E-state index in [4.69, 9.17) is 4.74 Å². The van der Waals surface area contributed by atoms with Gasteiger partial charge in [0.05, 0.1) is 7.11 Å². The third-order valence-electron chi connectivity index (χ3n) is 5.84. The second kappa shape index (κ2) is 12.6. The van der Waals surface area contributed by atoms with Gasteiger partial charge < -0.3 is 9.64 Å². The fourth-order valence-corrected chi connectivity index (χ4v) is 3.79. The van der Waals surface area contributed by atoms with Gasteiger partial charge in [-0.2, -0.15) is 0 Å². The van der Waals surface area contributed by atoms with E-state index >= 15 is 0 Å². The van der Waals surface area contributed by atoms with Crippen molar-refractivity contribution in [2.24, 2.45) is 0 Å². The Labute approximate surface area is 178 Å². The molecule has 0 saturated carbocycles. The van der Waals surface area contributed by atoms with Crippen LogP contribution in [0.3, 0.4) is 0 Å². The van der Waals surface area contributed by atoms with Crippen molar-refractivity contribution < 1.29 is 4.74 Å². The fraction of sp³-hybridized carbons (Fsp3) is 0.520. The number of benzene rings is 2. The van der Waals surface area contributed by atoms with Crippen LogP contribution in [0.2, 0.25) is 0 Å². The Hall–Kier alpha value is -1.88. The molecule has 0 aliphatic carbocycles. The number of nitrogens with zero attached hydrogens (tertiary/aromatic N) is 3. The van der Waals surface area contributed by atoms with Crippen LogP contribution in [-0.2, 0) is 0 Å². The molecule has 4 heteroatoms. The van der Waals surface area contributed by atoms with Crippen molar-refractivity contribution in [1.29, 1.82) is 0 Å². The van der Waals surface area contributed by atoms with Gasteiger partial charge >= 0.3 is 0 Å². The van der Waals surface area contributed by atoms with Crippen LogP contribution in [0.15, 0.2) is 54.6 Å². The number of hydrazine groups is 1. The van der Waals surface area contributed by atoms with Gasteiger partial charge in [-0.25, -0.2) is 10.0 Å². The van der Waals surface area contributed by atoms with E-state index in [1.807, 2.05) is 18.2 Å². The number of likely N-dealkylation sites (N-methyl/N-ethyl adjacent to an activating group) is 1. The van der Waals surface area contributed by atoms with Crippen molar-refractivity contribution in [3.8, 4) is 5.75 Å². The lowest BCUT2D eigenvalue weighted by Crippen LogP contribution is -2.53. The lowest BCUT2D eigenvalue weighted by Gasteiger charge is -2.40.